The highest BCUT2D eigenvalue weighted by atomic mass is 14.5. The summed E-state index contributed by atoms with van der Waals surface area (Å²) in [5.41, 5.74) is 2.05. The standard InChI is InChI=1S/C14H26/c1-7-10(2)9-14(5,6)13-8-11(3)12(13)4/h7,11-13H,8-9H2,1-6H3. The lowest BCUT2D eigenvalue weighted by Gasteiger charge is -2.50. The van der Waals surface area contributed by atoms with Gasteiger partial charge in [-0.1, -0.05) is 39.3 Å². The zero-order valence-electron chi connectivity index (χ0n) is 10.7. The Morgan fingerprint density at radius 2 is 1.93 bits per heavy atom. The van der Waals surface area contributed by atoms with Gasteiger partial charge in [0, 0.05) is 0 Å². The first kappa shape index (κ1) is 11.8. The third-order valence-electron chi connectivity index (χ3n) is 4.39. The summed E-state index contributed by atoms with van der Waals surface area (Å²) in [4.78, 5) is 0. The van der Waals surface area contributed by atoms with E-state index in [-0.39, 0.29) is 0 Å². The molecule has 0 aliphatic heterocycles. The van der Waals surface area contributed by atoms with Crippen molar-refractivity contribution in [3.8, 4) is 0 Å². The fourth-order valence-electron chi connectivity index (χ4n) is 3.01. The predicted octanol–water partition coefficient (Wildman–Crippen LogP) is 4.66. The van der Waals surface area contributed by atoms with E-state index in [1.54, 1.807) is 5.57 Å². The summed E-state index contributed by atoms with van der Waals surface area (Å²) in [6, 6.07) is 0. The molecular weight excluding hydrogens is 168 g/mol. The zero-order chi connectivity index (χ0) is 10.9. The van der Waals surface area contributed by atoms with Crippen molar-refractivity contribution in [3.63, 3.8) is 0 Å². The van der Waals surface area contributed by atoms with Crippen LogP contribution in [0.5, 0.6) is 0 Å². The Hall–Kier alpha value is -0.260. The van der Waals surface area contributed by atoms with Crippen LogP contribution < -0.4 is 0 Å². The van der Waals surface area contributed by atoms with Crippen LogP contribution in [0.2, 0.25) is 0 Å². The Bertz CT molecular complexity index is 222. The van der Waals surface area contributed by atoms with Crippen LogP contribution in [0.1, 0.15) is 54.4 Å². The minimum Gasteiger partial charge on any atom is -0.0887 e. The molecule has 0 heterocycles. The van der Waals surface area contributed by atoms with Gasteiger partial charge in [-0.25, -0.2) is 0 Å². The van der Waals surface area contributed by atoms with Crippen LogP contribution in [-0.2, 0) is 0 Å². The molecule has 1 aliphatic rings. The molecule has 0 aromatic carbocycles. The summed E-state index contributed by atoms with van der Waals surface area (Å²) in [5.74, 6) is 2.81. The van der Waals surface area contributed by atoms with E-state index in [1.807, 2.05) is 0 Å². The molecule has 1 saturated carbocycles. The second kappa shape index (κ2) is 4.08. The fourth-order valence-corrected chi connectivity index (χ4v) is 3.01. The highest BCUT2D eigenvalue weighted by Crippen LogP contribution is 2.51. The Kier molecular flexibility index (Phi) is 3.44. The smallest absolute Gasteiger partial charge is 0.0269 e. The van der Waals surface area contributed by atoms with E-state index in [2.05, 4.69) is 47.6 Å². The largest absolute Gasteiger partial charge is 0.0887 e. The van der Waals surface area contributed by atoms with Gasteiger partial charge in [0.1, 0.15) is 0 Å². The molecule has 1 rings (SSSR count). The quantitative estimate of drug-likeness (QED) is 0.573. The highest BCUT2D eigenvalue weighted by molar-refractivity contribution is 5.03. The van der Waals surface area contributed by atoms with E-state index in [0.29, 0.717) is 5.41 Å². The highest BCUT2D eigenvalue weighted by Gasteiger charge is 2.43. The molecule has 0 saturated heterocycles. The van der Waals surface area contributed by atoms with Gasteiger partial charge in [0.15, 0.2) is 0 Å². The maximum absolute atomic E-state index is 2.44. The lowest BCUT2D eigenvalue weighted by Crippen LogP contribution is -2.42. The van der Waals surface area contributed by atoms with Gasteiger partial charge >= 0.3 is 0 Å². The predicted molar refractivity (Wildman–Crippen MR) is 64.3 cm³/mol. The van der Waals surface area contributed by atoms with Crippen LogP contribution in [-0.4, -0.2) is 0 Å². The van der Waals surface area contributed by atoms with Crippen molar-refractivity contribution in [2.75, 3.05) is 0 Å². The third-order valence-corrected chi connectivity index (χ3v) is 4.39. The lowest BCUT2D eigenvalue weighted by atomic mass is 9.55. The topological polar surface area (TPSA) is 0 Å². The van der Waals surface area contributed by atoms with Crippen LogP contribution >= 0.6 is 0 Å². The Labute approximate surface area is 89.8 Å². The van der Waals surface area contributed by atoms with Crippen LogP contribution in [0.4, 0.5) is 0 Å². The van der Waals surface area contributed by atoms with Gasteiger partial charge in [0.25, 0.3) is 0 Å². The summed E-state index contributed by atoms with van der Waals surface area (Å²) in [6.07, 6.45) is 4.96. The van der Waals surface area contributed by atoms with Gasteiger partial charge in [-0.2, -0.15) is 0 Å². The molecule has 0 spiro atoms. The molecule has 0 bridgehead atoms. The molecule has 0 aromatic rings. The normalized spacial score (nSPS) is 34.1. The van der Waals surface area contributed by atoms with Crippen molar-refractivity contribution < 1.29 is 0 Å². The zero-order valence-corrected chi connectivity index (χ0v) is 10.7. The van der Waals surface area contributed by atoms with Crippen molar-refractivity contribution in [2.24, 2.45) is 23.2 Å². The van der Waals surface area contributed by atoms with Gasteiger partial charge in [0.2, 0.25) is 0 Å². The van der Waals surface area contributed by atoms with Gasteiger partial charge < -0.3 is 0 Å². The van der Waals surface area contributed by atoms with E-state index in [0.717, 1.165) is 17.8 Å². The van der Waals surface area contributed by atoms with Crippen molar-refractivity contribution in [1.82, 2.24) is 0 Å². The number of rotatable bonds is 3. The van der Waals surface area contributed by atoms with Crippen LogP contribution in [0, 0.1) is 23.2 Å². The summed E-state index contributed by atoms with van der Waals surface area (Å²) in [6.45, 7) is 14.1. The molecule has 0 aromatic heterocycles. The first-order chi connectivity index (χ1) is 6.38. The Morgan fingerprint density at radius 1 is 1.36 bits per heavy atom. The van der Waals surface area contributed by atoms with Crippen molar-refractivity contribution >= 4 is 0 Å². The van der Waals surface area contributed by atoms with E-state index in [4.69, 9.17) is 0 Å². The summed E-state index contributed by atoms with van der Waals surface area (Å²) >= 11 is 0. The number of hydrogen-bond acceptors (Lipinski definition) is 0. The monoisotopic (exact) mass is 194 g/mol. The molecule has 14 heavy (non-hydrogen) atoms. The van der Waals surface area contributed by atoms with Crippen molar-refractivity contribution in [1.29, 1.82) is 0 Å². The molecule has 3 atom stereocenters. The molecule has 0 radical (unpaired) electrons. The molecule has 3 unspecified atom stereocenters. The minimum atomic E-state index is 0.502. The van der Waals surface area contributed by atoms with E-state index < -0.39 is 0 Å². The maximum Gasteiger partial charge on any atom is -0.0269 e. The minimum absolute atomic E-state index is 0.502. The first-order valence-corrected chi connectivity index (χ1v) is 6.00. The molecule has 0 amide bonds. The molecule has 82 valence electrons. The fraction of sp³-hybridized carbons (Fsp3) is 0.857. The SMILES string of the molecule is CC=C(C)CC(C)(C)C1CC(C)C1C. The Balaban J connectivity index is 2.58. The molecular formula is C14H26. The van der Waals surface area contributed by atoms with E-state index in [1.165, 1.54) is 12.8 Å². The number of allylic oxidation sites excluding steroid dienone is 2. The van der Waals surface area contributed by atoms with Crippen LogP contribution in [0.3, 0.4) is 0 Å². The lowest BCUT2D eigenvalue weighted by molar-refractivity contribution is -0.000180. The van der Waals surface area contributed by atoms with Crippen LogP contribution in [0.15, 0.2) is 11.6 Å². The average molecular weight is 194 g/mol. The van der Waals surface area contributed by atoms with Gasteiger partial charge in [-0.05, 0) is 49.9 Å². The third kappa shape index (κ3) is 2.21. The van der Waals surface area contributed by atoms with Crippen LogP contribution in [0.25, 0.3) is 0 Å². The molecule has 1 aliphatic carbocycles. The molecule has 0 heteroatoms. The molecule has 0 nitrogen and oxygen atoms in total. The molecule has 0 N–H and O–H groups in total. The first-order valence-electron chi connectivity index (χ1n) is 6.00. The van der Waals surface area contributed by atoms with Gasteiger partial charge in [-0.15, -0.1) is 0 Å². The van der Waals surface area contributed by atoms with Gasteiger partial charge in [-0.3, -0.25) is 0 Å². The average Bonchev–Trinajstić information content (AvgIpc) is 2.12. The van der Waals surface area contributed by atoms with E-state index in [9.17, 15) is 0 Å². The second-order valence-corrected chi connectivity index (χ2v) is 5.98. The Morgan fingerprint density at radius 3 is 2.29 bits per heavy atom. The van der Waals surface area contributed by atoms with Gasteiger partial charge in [0.05, 0.1) is 0 Å². The number of hydrogen-bond donors (Lipinski definition) is 0. The summed E-state index contributed by atoms with van der Waals surface area (Å²) < 4.78 is 0. The van der Waals surface area contributed by atoms with Crippen molar-refractivity contribution in [2.45, 2.75) is 54.4 Å². The maximum atomic E-state index is 2.44. The van der Waals surface area contributed by atoms with E-state index >= 15 is 0 Å². The molecule has 1 fully saturated rings. The summed E-state index contributed by atoms with van der Waals surface area (Å²) in [7, 11) is 0. The second-order valence-electron chi connectivity index (χ2n) is 5.98. The van der Waals surface area contributed by atoms with Crippen molar-refractivity contribution in [3.05, 3.63) is 11.6 Å². The summed E-state index contributed by atoms with van der Waals surface area (Å²) in [5, 5.41) is 0.